The number of amides is 2. The zero-order chi connectivity index (χ0) is 20.0. The second kappa shape index (κ2) is 8.76. The van der Waals surface area contributed by atoms with Crippen LogP contribution in [0, 0.1) is 20.2 Å². The Morgan fingerprint density at radius 3 is 2.07 bits per heavy atom. The summed E-state index contributed by atoms with van der Waals surface area (Å²) in [6.45, 7) is 1.38. The van der Waals surface area contributed by atoms with E-state index < -0.39 is 27.1 Å². The molecule has 0 heterocycles. The molecule has 2 rings (SSSR count). The van der Waals surface area contributed by atoms with Crippen LogP contribution in [0.1, 0.15) is 6.92 Å². The number of hydrogen-bond acceptors (Lipinski definition) is 7. The Balaban J connectivity index is 2.00. The van der Waals surface area contributed by atoms with Crippen LogP contribution in [0.25, 0.3) is 0 Å². The van der Waals surface area contributed by atoms with Gasteiger partial charge in [-0.05, 0) is 30.3 Å². The molecule has 0 aliphatic rings. The van der Waals surface area contributed by atoms with Crippen molar-refractivity contribution in [2.75, 3.05) is 16.4 Å². The Labute approximate surface area is 157 Å². The van der Waals surface area contributed by atoms with E-state index in [0.717, 1.165) is 23.9 Å². The van der Waals surface area contributed by atoms with Crippen molar-refractivity contribution in [2.45, 2.75) is 11.8 Å². The number of rotatable bonds is 7. The SMILES string of the molecule is CC(=O)Nc1ccc(NC(=O)CSc2ccc([N+](=O)[O-])cc2[N+](=O)[O-])cc1. The van der Waals surface area contributed by atoms with Crippen molar-refractivity contribution in [3.8, 4) is 0 Å². The third-order valence-corrected chi connectivity index (χ3v) is 4.26. The molecule has 27 heavy (non-hydrogen) atoms. The number of nitrogens with one attached hydrogen (secondary N) is 2. The number of non-ortho nitro benzene ring substituents is 1. The van der Waals surface area contributed by atoms with E-state index in [1.807, 2.05) is 0 Å². The molecule has 0 aliphatic heterocycles. The van der Waals surface area contributed by atoms with E-state index >= 15 is 0 Å². The summed E-state index contributed by atoms with van der Waals surface area (Å²) in [6.07, 6.45) is 0. The molecule has 2 aromatic rings. The number of carbonyl (C=O) groups is 2. The molecule has 0 bridgehead atoms. The lowest BCUT2D eigenvalue weighted by atomic mass is 10.3. The average molecular weight is 390 g/mol. The molecule has 2 N–H and O–H groups in total. The van der Waals surface area contributed by atoms with Gasteiger partial charge in [-0.2, -0.15) is 0 Å². The molecule has 0 fully saturated rings. The van der Waals surface area contributed by atoms with Gasteiger partial charge in [0.25, 0.3) is 11.4 Å². The first-order valence-corrected chi connectivity index (χ1v) is 8.48. The molecule has 0 aliphatic carbocycles. The molecular formula is C16H14N4O6S. The fraction of sp³-hybridized carbons (Fsp3) is 0.125. The van der Waals surface area contributed by atoms with Crippen molar-refractivity contribution in [3.05, 3.63) is 62.7 Å². The third kappa shape index (κ3) is 5.78. The van der Waals surface area contributed by atoms with Crippen molar-refractivity contribution in [1.82, 2.24) is 0 Å². The van der Waals surface area contributed by atoms with E-state index in [1.54, 1.807) is 24.3 Å². The number of thioether (sulfide) groups is 1. The Hall–Kier alpha value is -3.47. The van der Waals surface area contributed by atoms with Crippen LogP contribution in [-0.4, -0.2) is 27.4 Å². The molecule has 0 saturated heterocycles. The molecule has 0 unspecified atom stereocenters. The van der Waals surface area contributed by atoms with Gasteiger partial charge in [0, 0.05) is 24.4 Å². The molecule has 0 saturated carbocycles. The third-order valence-electron chi connectivity index (χ3n) is 3.20. The second-order valence-corrected chi connectivity index (χ2v) is 6.28. The number of nitrogens with zero attached hydrogens (tertiary/aromatic N) is 2. The highest BCUT2D eigenvalue weighted by Crippen LogP contribution is 2.32. The minimum absolute atomic E-state index is 0.119. The van der Waals surface area contributed by atoms with Crippen LogP contribution in [0.4, 0.5) is 22.7 Å². The van der Waals surface area contributed by atoms with Crippen molar-refractivity contribution < 1.29 is 19.4 Å². The highest BCUT2D eigenvalue weighted by Gasteiger charge is 2.20. The Morgan fingerprint density at radius 2 is 1.56 bits per heavy atom. The van der Waals surface area contributed by atoms with Crippen LogP contribution >= 0.6 is 11.8 Å². The molecule has 2 aromatic carbocycles. The van der Waals surface area contributed by atoms with Crippen LogP contribution in [-0.2, 0) is 9.59 Å². The normalized spacial score (nSPS) is 10.1. The number of nitro benzene ring substituents is 2. The average Bonchev–Trinajstić information content (AvgIpc) is 2.61. The van der Waals surface area contributed by atoms with Crippen LogP contribution in [0.15, 0.2) is 47.4 Å². The number of nitro groups is 2. The summed E-state index contributed by atoms with van der Waals surface area (Å²) in [6, 6.07) is 9.69. The van der Waals surface area contributed by atoms with Gasteiger partial charge < -0.3 is 10.6 Å². The molecule has 11 heteroatoms. The lowest BCUT2D eigenvalue weighted by Crippen LogP contribution is -2.14. The van der Waals surface area contributed by atoms with Gasteiger partial charge in [-0.1, -0.05) is 0 Å². The molecule has 0 spiro atoms. The summed E-state index contributed by atoms with van der Waals surface area (Å²) in [7, 11) is 0. The van der Waals surface area contributed by atoms with Gasteiger partial charge in [0.1, 0.15) is 0 Å². The highest BCUT2D eigenvalue weighted by atomic mass is 32.2. The van der Waals surface area contributed by atoms with Gasteiger partial charge in [-0.3, -0.25) is 29.8 Å². The van der Waals surface area contributed by atoms with Crippen molar-refractivity contribution in [3.63, 3.8) is 0 Å². The van der Waals surface area contributed by atoms with Crippen molar-refractivity contribution in [1.29, 1.82) is 0 Å². The van der Waals surface area contributed by atoms with Gasteiger partial charge in [0.15, 0.2) is 0 Å². The second-order valence-electron chi connectivity index (χ2n) is 5.26. The summed E-state index contributed by atoms with van der Waals surface area (Å²) in [4.78, 5) is 43.5. The maximum Gasteiger partial charge on any atom is 0.289 e. The molecular weight excluding hydrogens is 376 g/mol. The zero-order valence-electron chi connectivity index (χ0n) is 14.0. The Bertz CT molecular complexity index is 900. The maximum absolute atomic E-state index is 12.0. The first-order chi connectivity index (χ1) is 12.8. The minimum atomic E-state index is -0.728. The molecule has 0 radical (unpaired) electrons. The Kier molecular flexibility index (Phi) is 6.44. The number of anilines is 2. The predicted molar refractivity (Wildman–Crippen MR) is 99.9 cm³/mol. The van der Waals surface area contributed by atoms with Gasteiger partial charge in [0.05, 0.1) is 26.6 Å². The molecule has 0 aromatic heterocycles. The van der Waals surface area contributed by atoms with E-state index in [0.29, 0.717) is 11.4 Å². The quantitative estimate of drug-likeness (QED) is 0.419. The largest absolute Gasteiger partial charge is 0.326 e. The lowest BCUT2D eigenvalue weighted by Gasteiger charge is -2.07. The zero-order valence-corrected chi connectivity index (χ0v) is 14.8. The van der Waals surface area contributed by atoms with E-state index in [2.05, 4.69) is 10.6 Å². The summed E-state index contributed by atoms with van der Waals surface area (Å²) < 4.78 is 0. The monoisotopic (exact) mass is 390 g/mol. The summed E-state index contributed by atoms with van der Waals surface area (Å²) in [5, 5.41) is 27.0. The number of carbonyl (C=O) groups excluding carboxylic acids is 2. The minimum Gasteiger partial charge on any atom is -0.326 e. The van der Waals surface area contributed by atoms with E-state index in [1.165, 1.54) is 13.0 Å². The first kappa shape index (κ1) is 19.8. The maximum atomic E-state index is 12.0. The topological polar surface area (TPSA) is 144 Å². The van der Waals surface area contributed by atoms with Gasteiger partial charge in [-0.25, -0.2) is 0 Å². The lowest BCUT2D eigenvalue weighted by molar-refractivity contribution is -0.396. The van der Waals surface area contributed by atoms with Gasteiger partial charge in [-0.15, -0.1) is 11.8 Å². The fourth-order valence-electron chi connectivity index (χ4n) is 2.06. The number of hydrogen-bond donors (Lipinski definition) is 2. The fourth-order valence-corrected chi connectivity index (χ4v) is 2.87. The van der Waals surface area contributed by atoms with Crippen molar-refractivity contribution >= 4 is 46.3 Å². The van der Waals surface area contributed by atoms with E-state index in [9.17, 15) is 29.8 Å². The first-order valence-electron chi connectivity index (χ1n) is 7.49. The molecule has 10 nitrogen and oxygen atoms in total. The smallest absolute Gasteiger partial charge is 0.289 e. The summed E-state index contributed by atoms with van der Waals surface area (Å²) in [5.41, 5.74) is 0.251. The molecule has 140 valence electrons. The van der Waals surface area contributed by atoms with Crippen LogP contribution in [0.5, 0.6) is 0 Å². The summed E-state index contributed by atoms with van der Waals surface area (Å²) >= 11 is 0.901. The number of benzene rings is 2. The molecule has 0 atom stereocenters. The van der Waals surface area contributed by atoms with Crippen molar-refractivity contribution in [2.24, 2.45) is 0 Å². The highest BCUT2D eigenvalue weighted by molar-refractivity contribution is 8.00. The van der Waals surface area contributed by atoms with E-state index in [-0.39, 0.29) is 16.6 Å². The predicted octanol–water partition coefficient (Wildman–Crippen LogP) is 3.19. The standard InChI is InChI=1S/C16H14N4O6S/c1-10(21)17-11-2-4-12(5-3-11)18-16(22)9-27-15-7-6-13(19(23)24)8-14(15)20(25)26/h2-8H,9H2,1H3,(H,17,21)(H,18,22). The van der Waals surface area contributed by atoms with Crippen LogP contribution in [0.3, 0.4) is 0 Å². The van der Waals surface area contributed by atoms with Crippen LogP contribution < -0.4 is 10.6 Å². The van der Waals surface area contributed by atoms with E-state index in [4.69, 9.17) is 0 Å². The molecule has 2 amide bonds. The van der Waals surface area contributed by atoms with Crippen LogP contribution in [0.2, 0.25) is 0 Å². The Morgan fingerprint density at radius 1 is 0.963 bits per heavy atom. The summed E-state index contributed by atoms with van der Waals surface area (Å²) in [5.74, 6) is -0.737. The van der Waals surface area contributed by atoms with Gasteiger partial charge in [0.2, 0.25) is 11.8 Å². The van der Waals surface area contributed by atoms with Gasteiger partial charge >= 0.3 is 0 Å².